The highest BCUT2D eigenvalue weighted by Crippen LogP contribution is 2.54. The number of halogens is 1. The fourth-order valence-electron chi connectivity index (χ4n) is 7.44. The van der Waals surface area contributed by atoms with Crippen LogP contribution in [0.3, 0.4) is 0 Å². The Morgan fingerprint density at radius 3 is 2.17 bits per heavy atom. The summed E-state index contributed by atoms with van der Waals surface area (Å²) in [6, 6.07) is 6.66. The second kappa shape index (κ2) is 9.34. The number of likely N-dealkylation sites (tertiary alicyclic amines) is 1. The molecular weight excluding hydrogens is 487 g/mol. The zero-order valence-electron chi connectivity index (χ0n) is 26.6. The molecule has 3 aliphatic rings. The Kier molecular flexibility index (Phi) is 6.93. The van der Waals surface area contributed by atoms with Crippen molar-refractivity contribution in [2.24, 2.45) is 0 Å². The molecular formula is C22H36B12FN3O2. The van der Waals surface area contributed by atoms with Gasteiger partial charge in [-0.05, 0) is 29.9 Å². The second-order valence-electron chi connectivity index (χ2n) is 14.5. The topological polar surface area (TPSA) is 44.8 Å². The molecule has 5 nitrogen and oxygen atoms in total. The number of hydrogen-bond donors (Lipinski definition) is 1. The summed E-state index contributed by atoms with van der Waals surface area (Å²) in [6.07, 6.45) is 0.991. The second-order valence-corrected chi connectivity index (χ2v) is 14.5. The van der Waals surface area contributed by atoms with Gasteiger partial charge in [-0.25, -0.2) is 4.39 Å². The van der Waals surface area contributed by atoms with E-state index in [-0.39, 0.29) is 22.3 Å². The number of nitrogens with zero attached hydrogens (tertiary/aromatic N) is 2. The van der Waals surface area contributed by atoms with E-state index in [4.69, 9.17) is 4.74 Å². The van der Waals surface area contributed by atoms with Gasteiger partial charge in [0.15, 0.2) is 0 Å². The van der Waals surface area contributed by atoms with Gasteiger partial charge in [0, 0.05) is 23.9 Å². The van der Waals surface area contributed by atoms with E-state index in [1.807, 2.05) is 53.1 Å². The van der Waals surface area contributed by atoms with Gasteiger partial charge in [0.2, 0.25) is 5.91 Å². The van der Waals surface area contributed by atoms with Crippen molar-refractivity contribution in [3.63, 3.8) is 0 Å². The van der Waals surface area contributed by atoms with Crippen LogP contribution in [0.1, 0.15) is 17.9 Å². The van der Waals surface area contributed by atoms with E-state index < -0.39 is 10.7 Å². The standard InChI is InChI=1S/C22H36B12FN3O2/c23-11-13(25)17(14(26)12(24)15(11)35)40-22(33,34)20(29,30)21(31,32)37-5-4-10-8(6-37)7-2-1-3-9-16(7)38(10)19(27,28)18(39)36-9/h1-3,8,10H,4-6,23-34H2,(H,36,39)/t8-,10-/m0/s1. The van der Waals surface area contributed by atoms with Gasteiger partial charge >= 0.3 is 0 Å². The lowest BCUT2D eigenvalue weighted by Crippen LogP contribution is -2.71. The summed E-state index contributed by atoms with van der Waals surface area (Å²) >= 11 is 0. The van der Waals surface area contributed by atoms with E-state index in [2.05, 4.69) is 74.3 Å². The minimum absolute atomic E-state index is 0.0671. The first-order valence-electron chi connectivity index (χ1n) is 14.8. The summed E-state index contributed by atoms with van der Waals surface area (Å²) in [7, 11) is 25.4. The molecule has 0 radical (unpaired) electrons. The van der Waals surface area contributed by atoms with Gasteiger partial charge in [-0.2, -0.15) is 0 Å². The van der Waals surface area contributed by atoms with Crippen LogP contribution in [-0.4, -0.2) is 140 Å². The van der Waals surface area contributed by atoms with E-state index in [0.717, 1.165) is 41.9 Å². The molecule has 1 saturated heterocycles. The highest BCUT2D eigenvalue weighted by atomic mass is 19.1. The molecule has 0 unspecified atom stereocenters. The van der Waals surface area contributed by atoms with Crippen LogP contribution in [0.15, 0.2) is 18.2 Å². The number of nitrogens with one attached hydrogen (secondary N) is 1. The van der Waals surface area contributed by atoms with Gasteiger partial charge < -0.3 is 19.9 Å². The Balaban J connectivity index is 1.47. The average molecular weight is 523 g/mol. The van der Waals surface area contributed by atoms with Crippen LogP contribution >= 0.6 is 0 Å². The number of ether oxygens (including phenoxy) is 1. The van der Waals surface area contributed by atoms with Crippen molar-refractivity contribution in [1.82, 2.24) is 4.90 Å². The normalized spacial score (nSPS) is 22.3. The number of anilines is 2. The third-order valence-corrected chi connectivity index (χ3v) is 11.7. The molecule has 5 rings (SSSR count). The quantitative estimate of drug-likeness (QED) is 0.396. The van der Waals surface area contributed by atoms with Gasteiger partial charge in [0.25, 0.3) is 0 Å². The average Bonchev–Trinajstić information content (AvgIpc) is 3.23. The first-order chi connectivity index (χ1) is 18.4. The Hall–Kier alpha value is -1.82. The van der Waals surface area contributed by atoms with Gasteiger partial charge in [-0.15, -0.1) is 0 Å². The fourth-order valence-corrected chi connectivity index (χ4v) is 7.44. The Morgan fingerprint density at radius 1 is 0.975 bits per heavy atom. The van der Waals surface area contributed by atoms with Crippen LogP contribution in [0, 0.1) is 5.82 Å². The Labute approximate surface area is 249 Å². The molecule has 18 heteroatoms. The van der Waals surface area contributed by atoms with Crippen molar-refractivity contribution in [2.75, 3.05) is 23.3 Å². The summed E-state index contributed by atoms with van der Waals surface area (Å²) in [6.45, 7) is 1.86. The molecule has 3 heterocycles. The van der Waals surface area contributed by atoms with E-state index >= 15 is 0 Å². The number of benzene rings is 2. The third kappa shape index (κ3) is 3.97. The molecule has 2 aromatic carbocycles. The third-order valence-electron chi connectivity index (χ3n) is 11.7. The number of carbonyl (C=O) groups excluding carboxylic acids is 1. The van der Waals surface area contributed by atoms with Crippen LogP contribution in [0.2, 0.25) is 5.21 Å². The smallest absolute Gasteiger partial charge is 0.233 e. The molecule has 0 saturated carbocycles. The van der Waals surface area contributed by atoms with Crippen LogP contribution < -0.4 is 36.8 Å². The number of rotatable bonds is 5. The zero-order chi connectivity index (χ0) is 29.7. The van der Waals surface area contributed by atoms with Crippen molar-refractivity contribution in [1.29, 1.82) is 0 Å². The molecule has 1 amide bonds. The largest absolute Gasteiger partial charge is 0.508 e. The number of amides is 1. The van der Waals surface area contributed by atoms with E-state index in [9.17, 15) is 9.18 Å². The first kappa shape index (κ1) is 29.7. The lowest BCUT2D eigenvalue weighted by Gasteiger charge is -2.60. The highest BCUT2D eigenvalue weighted by molar-refractivity contribution is 6.62. The number of piperidine rings is 1. The minimum atomic E-state index is -0.587. The van der Waals surface area contributed by atoms with Gasteiger partial charge in [0.1, 0.15) is 106 Å². The maximum Gasteiger partial charge on any atom is 0.233 e. The number of fused-ring (bicyclic) bond motifs is 3. The Bertz CT molecular complexity index is 1390. The minimum Gasteiger partial charge on any atom is -0.508 e. The molecule has 0 aliphatic carbocycles. The van der Waals surface area contributed by atoms with Crippen LogP contribution in [0.25, 0.3) is 0 Å². The monoisotopic (exact) mass is 525 g/mol. The van der Waals surface area contributed by atoms with Crippen LogP contribution in [0.4, 0.5) is 15.8 Å². The van der Waals surface area contributed by atoms with E-state index in [1.165, 1.54) is 11.3 Å². The number of hydrogen-bond acceptors (Lipinski definition) is 4. The molecule has 40 heavy (non-hydrogen) atoms. The molecule has 0 spiro atoms. The van der Waals surface area contributed by atoms with Crippen molar-refractivity contribution in [3.8, 4) is 5.75 Å². The summed E-state index contributed by atoms with van der Waals surface area (Å²) < 4.78 is 21.7. The maximum absolute atomic E-state index is 14.8. The van der Waals surface area contributed by atoms with Gasteiger partial charge in [-0.1, -0.05) is 39.2 Å². The summed E-state index contributed by atoms with van der Waals surface area (Å²) in [4.78, 5) is 18.1. The van der Waals surface area contributed by atoms with Crippen LogP contribution in [-0.2, 0) is 4.79 Å². The molecule has 1 N–H and O–H groups in total. The lowest BCUT2D eigenvalue weighted by molar-refractivity contribution is -0.117. The molecule has 0 bridgehead atoms. The van der Waals surface area contributed by atoms with E-state index in [1.54, 1.807) is 0 Å². The molecule has 2 atom stereocenters. The number of para-hydroxylation sites is 1. The molecule has 2 aromatic rings. The number of carbonyl (C=O) groups is 1. The predicted molar refractivity (Wildman–Crippen MR) is 199 cm³/mol. The Morgan fingerprint density at radius 2 is 1.57 bits per heavy atom. The maximum atomic E-state index is 14.8. The summed E-state index contributed by atoms with van der Waals surface area (Å²) in [5.41, 5.74) is 6.55. The van der Waals surface area contributed by atoms with Crippen molar-refractivity contribution >= 4 is 133 Å². The van der Waals surface area contributed by atoms with E-state index in [0.29, 0.717) is 22.9 Å². The predicted octanol–water partition coefficient (Wildman–Crippen LogP) is -12.0. The summed E-state index contributed by atoms with van der Waals surface area (Å²) in [5.74, 6) is 1.05. The van der Waals surface area contributed by atoms with Crippen molar-refractivity contribution in [3.05, 3.63) is 29.6 Å². The van der Waals surface area contributed by atoms with Gasteiger partial charge in [0.05, 0.1) is 16.7 Å². The van der Waals surface area contributed by atoms with Crippen molar-refractivity contribution in [2.45, 2.75) is 39.7 Å². The lowest BCUT2D eigenvalue weighted by atomic mass is 9.23. The zero-order valence-corrected chi connectivity index (χ0v) is 26.6. The van der Waals surface area contributed by atoms with Gasteiger partial charge in [-0.3, -0.25) is 4.79 Å². The molecule has 1 fully saturated rings. The van der Waals surface area contributed by atoms with Crippen LogP contribution in [0.5, 0.6) is 5.75 Å². The highest BCUT2D eigenvalue weighted by Gasteiger charge is 2.56. The summed E-state index contributed by atoms with van der Waals surface area (Å²) in [5, 5.41) is 1.53. The molecule has 3 aliphatic heterocycles. The van der Waals surface area contributed by atoms with Crippen molar-refractivity contribution < 1.29 is 13.9 Å². The fraction of sp³-hybridized carbons (Fsp3) is 0.409. The first-order valence-corrected chi connectivity index (χ1v) is 14.8. The SMILES string of the molecule is Bc1c(B)c(OC(B)(B)C(B)(B)C(B)(B)N2CC[C@H]3[C@@H](C2)c2cccc4c2N3C(B)(B)C(=O)N4)c(B)c(B)c1F. The molecule has 194 valence electrons. The molecule has 0 aromatic heterocycles.